The maximum absolute atomic E-state index is 14.2. The molecule has 2 aromatic carbocycles. The number of methoxy groups -OCH3 is 3. The van der Waals surface area contributed by atoms with Gasteiger partial charge >= 0.3 is 0 Å². The Labute approximate surface area is 168 Å². The molecule has 0 N–H and O–H groups in total. The molecule has 0 radical (unpaired) electrons. The minimum atomic E-state index is -0.442. The zero-order valence-electron chi connectivity index (χ0n) is 15.2. The van der Waals surface area contributed by atoms with Gasteiger partial charge in [-0.05, 0) is 30.3 Å². The highest BCUT2D eigenvalue weighted by Crippen LogP contribution is 2.41. The van der Waals surface area contributed by atoms with E-state index in [0.29, 0.717) is 27.8 Å². The van der Waals surface area contributed by atoms with Gasteiger partial charge in [0.05, 0.1) is 44.1 Å². The SMILES string of the molecule is COc1ccc(-c2c(-c3cc(Cl)c(OC)c(OC)c3)ncn2C)cc1F.Cl. The lowest BCUT2D eigenvalue weighted by atomic mass is 10.0. The molecule has 0 aliphatic carbocycles. The fourth-order valence-electron chi connectivity index (χ4n) is 2.85. The Morgan fingerprint density at radius 3 is 2.26 bits per heavy atom. The maximum atomic E-state index is 14.2. The Morgan fingerprint density at radius 2 is 1.67 bits per heavy atom. The molecule has 0 amide bonds. The molecule has 27 heavy (non-hydrogen) atoms. The van der Waals surface area contributed by atoms with Gasteiger partial charge in [-0.25, -0.2) is 9.37 Å². The van der Waals surface area contributed by atoms with Crippen LogP contribution in [0.4, 0.5) is 4.39 Å². The van der Waals surface area contributed by atoms with E-state index in [1.54, 1.807) is 30.6 Å². The van der Waals surface area contributed by atoms with Crippen molar-refractivity contribution >= 4 is 24.0 Å². The Hall–Kier alpha value is -2.44. The van der Waals surface area contributed by atoms with Crippen LogP contribution >= 0.6 is 24.0 Å². The molecule has 5 nitrogen and oxygen atoms in total. The molecule has 1 aromatic heterocycles. The van der Waals surface area contributed by atoms with Crippen molar-refractivity contribution in [2.24, 2.45) is 7.05 Å². The van der Waals surface area contributed by atoms with E-state index < -0.39 is 5.82 Å². The van der Waals surface area contributed by atoms with Gasteiger partial charge in [0.2, 0.25) is 0 Å². The number of rotatable bonds is 5. The van der Waals surface area contributed by atoms with E-state index in [4.69, 9.17) is 25.8 Å². The topological polar surface area (TPSA) is 45.5 Å². The molecule has 144 valence electrons. The van der Waals surface area contributed by atoms with Gasteiger partial charge in [0.1, 0.15) is 0 Å². The molecule has 3 rings (SSSR count). The van der Waals surface area contributed by atoms with Crippen LogP contribution in [0.3, 0.4) is 0 Å². The van der Waals surface area contributed by atoms with Gasteiger partial charge in [-0.2, -0.15) is 0 Å². The van der Waals surface area contributed by atoms with Crippen molar-refractivity contribution < 1.29 is 18.6 Å². The third kappa shape index (κ3) is 3.82. The Morgan fingerprint density at radius 1 is 0.963 bits per heavy atom. The van der Waals surface area contributed by atoms with Crippen LogP contribution < -0.4 is 14.2 Å². The monoisotopic (exact) mass is 412 g/mol. The number of halogens is 3. The van der Waals surface area contributed by atoms with E-state index in [-0.39, 0.29) is 18.2 Å². The zero-order valence-corrected chi connectivity index (χ0v) is 16.8. The normalized spacial score (nSPS) is 10.3. The summed E-state index contributed by atoms with van der Waals surface area (Å²) in [5.74, 6) is 0.688. The molecular weight excluding hydrogens is 394 g/mol. The quantitative estimate of drug-likeness (QED) is 0.591. The van der Waals surface area contributed by atoms with E-state index in [0.717, 1.165) is 11.3 Å². The van der Waals surface area contributed by atoms with Gasteiger partial charge in [0.15, 0.2) is 23.1 Å². The number of hydrogen-bond donors (Lipinski definition) is 0. The first-order valence-electron chi connectivity index (χ1n) is 7.77. The molecule has 0 atom stereocenters. The second kappa shape index (κ2) is 8.50. The van der Waals surface area contributed by atoms with Crippen LogP contribution in [0.25, 0.3) is 22.5 Å². The van der Waals surface area contributed by atoms with Crippen molar-refractivity contribution in [2.45, 2.75) is 0 Å². The zero-order chi connectivity index (χ0) is 18.8. The molecule has 0 fully saturated rings. The van der Waals surface area contributed by atoms with Gasteiger partial charge in [0.25, 0.3) is 0 Å². The molecule has 1 heterocycles. The Bertz CT molecular complexity index is 960. The summed E-state index contributed by atoms with van der Waals surface area (Å²) in [5.41, 5.74) is 2.80. The van der Waals surface area contributed by atoms with E-state index in [1.807, 2.05) is 11.6 Å². The number of benzene rings is 2. The molecule has 0 saturated carbocycles. The van der Waals surface area contributed by atoms with Crippen molar-refractivity contribution in [3.05, 3.63) is 47.5 Å². The lowest BCUT2D eigenvalue weighted by molar-refractivity contribution is 0.355. The summed E-state index contributed by atoms with van der Waals surface area (Å²) in [6.07, 6.45) is 1.66. The van der Waals surface area contributed by atoms with Gasteiger partial charge in [0, 0.05) is 18.2 Å². The first kappa shape index (κ1) is 20.9. The Kier molecular flexibility index (Phi) is 6.57. The lowest BCUT2D eigenvalue weighted by Gasteiger charge is -2.13. The number of ether oxygens (including phenoxy) is 3. The van der Waals surface area contributed by atoms with Crippen molar-refractivity contribution in [2.75, 3.05) is 21.3 Å². The number of hydrogen-bond acceptors (Lipinski definition) is 4. The van der Waals surface area contributed by atoms with Crippen LogP contribution in [0.15, 0.2) is 36.7 Å². The summed E-state index contributed by atoms with van der Waals surface area (Å²) in [6, 6.07) is 8.32. The highest BCUT2D eigenvalue weighted by atomic mass is 35.5. The average Bonchev–Trinajstić information content (AvgIpc) is 3.02. The lowest BCUT2D eigenvalue weighted by Crippen LogP contribution is -1.96. The Balaban J connectivity index is 0.00000261. The van der Waals surface area contributed by atoms with Crippen LogP contribution in [0.2, 0.25) is 5.02 Å². The number of aryl methyl sites for hydroxylation is 1. The molecule has 3 aromatic rings. The molecule has 0 aliphatic rings. The van der Waals surface area contributed by atoms with Crippen molar-refractivity contribution in [1.82, 2.24) is 9.55 Å². The van der Waals surface area contributed by atoms with E-state index in [2.05, 4.69) is 4.98 Å². The van der Waals surface area contributed by atoms with Gasteiger partial charge in [-0.1, -0.05) is 11.6 Å². The first-order valence-corrected chi connectivity index (χ1v) is 8.15. The smallest absolute Gasteiger partial charge is 0.179 e. The standard InChI is InChI=1S/C19H18ClFN2O3.ClH/c1-23-10-22-17(12-7-13(20)19(26-4)16(9-12)25-3)18(23)11-5-6-15(24-2)14(21)8-11;/h5-10H,1-4H3;1H. The summed E-state index contributed by atoms with van der Waals surface area (Å²) in [4.78, 5) is 4.46. The third-order valence-electron chi connectivity index (χ3n) is 4.07. The minimum Gasteiger partial charge on any atom is -0.494 e. The fourth-order valence-corrected chi connectivity index (χ4v) is 3.14. The second-order valence-electron chi connectivity index (χ2n) is 5.60. The van der Waals surface area contributed by atoms with Crippen LogP contribution in [0.5, 0.6) is 17.2 Å². The molecule has 0 bridgehead atoms. The first-order chi connectivity index (χ1) is 12.5. The largest absolute Gasteiger partial charge is 0.494 e. The fraction of sp³-hybridized carbons (Fsp3) is 0.211. The predicted octanol–water partition coefficient (Wildman–Crippen LogP) is 4.99. The molecule has 0 aliphatic heterocycles. The summed E-state index contributed by atoms with van der Waals surface area (Å²) in [7, 11) is 6.33. The van der Waals surface area contributed by atoms with Crippen LogP contribution in [-0.4, -0.2) is 30.9 Å². The molecule has 0 unspecified atom stereocenters. The van der Waals surface area contributed by atoms with Gasteiger partial charge < -0.3 is 18.8 Å². The molecule has 8 heteroatoms. The van der Waals surface area contributed by atoms with Crippen LogP contribution in [0.1, 0.15) is 0 Å². The van der Waals surface area contributed by atoms with Gasteiger partial charge in [-0.3, -0.25) is 0 Å². The van der Waals surface area contributed by atoms with E-state index >= 15 is 0 Å². The number of nitrogens with zero attached hydrogens (tertiary/aromatic N) is 2. The predicted molar refractivity (Wildman–Crippen MR) is 106 cm³/mol. The average molecular weight is 413 g/mol. The van der Waals surface area contributed by atoms with E-state index in [9.17, 15) is 4.39 Å². The summed E-state index contributed by atoms with van der Waals surface area (Å²) in [5, 5.41) is 0.402. The van der Waals surface area contributed by atoms with Crippen molar-refractivity contribution in [3.63, 3.8) is 0 Å². The summed E-state index contributed by atoms with van der Waals surface area (Å²) < 4.78 is 31.6. The summed E-state index contributed by atoms with van der Waals surface area (Å²) >= 11 is 6.32. The third-order valence-corrected chi connectivity index (χ3v) is 4.35. The highest BCUT2D eigenvalue weighted by Gasteiger charge is 2.19. The molecule has 0 spiro atoms. The maximum Gasteiger partial charge on any atom is 0.179 e. The minimum absolute atomic E-state index is 0. The van der Waals surface area contributed by atoms with Crippen LogP contribution in [0, 0.1) is 5.82 Å². The van der Waals surface area contributed by atoms with Crippen molar-refractivity contribution in [1.29, 1.82) is 0 Å². The molecule has 0 saturated heterocycles. The second-order valence-corrected chi connectivity index (χ2v) is 6.00. The van der Waals surface area contributed by atoms with E-state index in [1.165, 1.54) is 27.4 Å². The van der Waals surface area contributed by atoms with Crippen LogP contribution in [-0.2, 0) is 7.05 Å². The van der Waals surface area contributed by atoms with Gasteiger partial charge in [-0.15, -0.1) is 12.4 Å². The summed E-state index contributed by atoms with van der Waals surface area (Å²) in [6.45, 7) is 0. The number of imidazole rings is 1. The molecular formula is C19H19Cl2FN2O3. The highest BCUT2D eigenvalue weighted by molar-refractivity contribution is 6.32. The van der Waals surface area contributed by atoms with Crippen molar-refractivity contribution in [3.8, 4) is 39.8 Å². The number of aromatic nitrogens is 2.